The lowest BCUT2D eigenvalue weighted by Gasteiger charge is -2.12. The molecule has 0 bridgehead atoms. The van der Waals surface area contributed by atoms with Gasteiger partial charge in [-0.3, -0.25) is 9.59 Å². The van der Waals surface area contributed by atoms with Crippen LogP contribution in [-0.4, -0.2) is 17.9 Å². The van der Waals surface area contributed by atoms with Crippen LogP contribution in [0, 0.1) is 5.92 Å². The Hall–Kier alpha value is -1.84. The summed E-state index contributed by atoms with van der Waals surface area (Å²) in [4.78, 5) is 22.9. The smallest absolute Gasteiger partial charge is 0.224 e. The molecule has 1 aliphatic carbocycles. The van der Waals surface area contributed by atoms with E-state index >= 15 is 0 Å². The minimum Gasteiger partial charge on any atom is -0.353 e. The fraction of sp³-hybridized carbons (Fsp3) is 0.500. The second-order valence-electron chi connectivity index (χ2n) is 5.74. The number of nitrogens with one attached hydrogen (secondary N) is 2. The highest BCUT2D eigenvalue weighted by atomic mass is 16.2. The number of benzene rings is 1. The Bertz CT molecular complexity index is 482. The lowest BCUT2D eigenvalue weighted by Crippen LogP contribution is -2.34. The highest BCUT2D eigenvalue weighted by Gasteiger charge is 2.22. The molecule has 0 heterocycles. The van der Waals surface area contributed by atoms with Crippen LogP contribution in [0.5, 0.6) is 0 Å². The van der Waals surface area contributed by atoms with E-state index in [9.17, 15) is 9.59 Å². The van der Waals surface area contributed by atoms with Gasteiger partial charge in [-0.15, -0.1) is 0 Å². The number of anilines is 1. The first-order chi connectivity index (χ1) is 9.52. The van der Waals surface area contributed by atoms with Crippen LogP contribution >= 0.6 is 0 Å². The first kappa shape index (κ1) is 14.6. The first-order valence-corrected chi connectivity index (χ1v) is 7.19. The lowest BCUT2D eigenvalue weighted by atomic mass is 10.1. The highest BCUT2D eigenvalue weighted by Crippen LogP contribution is 2.24. The van der Waals surface area contributed by atoms with Gasteiger partial charge in [-0.25, -0.2) is 0 Å². The third-order valence-corrected chi connectivity index (χ3v) is 3.70. The molecule has 2 atom stereocenters. The zero-order valence-corrected chi connectivity index (χ0v) is 12.1. The second kappa shape index (κ2) is 6.55. The van der Waals surface area contributed by atoms with Crippen LogP contribution in [0.3, 0.4) is 0 Å². The molecular formula is C16H22N2O2. The molecule has 1 saturated carbocycles. The van der Waals surface area contributed by atoms with Gasteiger partial charge in [0.25, 0.3) is 0 Å². The highest BCUT2D eigenvalue weighted by molar-refractivity contribution is 5.88. The van der Waals surface area contributed by atoms with E-state index < -0.39 is 0 Å². The number of amides is 2. The molecule has 0 aliphatic heterocycles. The molecule has 0 spiro atoms. The summed E-state index contributed by atoms with van der Waals surface area (Å²) >= 11 is 0. The van der Waals surface area contributed by atoms with Crippen molar-refractivity contribution in [2.75, 3.05) is 5.32 Å². The third kappa shape index (κ3) is 4.37. The summed E-state index contributed by atoms with van der Waals surface area (Å²) in [5.74, 6) is 0.708. The number of carbonyl (C=O) groups excluding carboxylic acids is 2. The number of hydrogen-bond acceptors (Lipinski definition) is 2. The van der Waals surface area contributed by atoms with Crippen LogP contribution in [-0.2, 0) is 16.0 Å². The van der Waals surface area contributed by atoms with Crippen molar-refractivity contribution in [3.63, 3.8) is 0 Å². The van der Waals surface area contributed by atoms with E-state index in [-0.39, 0.29) is 11.8 Å². The van der Waals surface area contributed by atoms with Crippen LogP contribution in [0.15, 0.2) is 24.3 Å². The molecule has 0 aromatic heterocycles. The summed E-state index contributed by atoms with van der Waals surface area (Å²) in [5, 5.41) is 5.81. The van der Waals surface area contributed by atoms with Crippen molar-refractivity contribution in [2.24, 2.45) is 5.92 Å². The van der Waals surface area contributed by atoms with E-state index in [2.05, 4.69) is 17.6 Å². The van der Waals surface area contributed by atoms with Gasteiger partial charge >= 0.3 is 0 Å². The van der Waals surface area contributed by atoms with Gasteiger partial charge < -0.3 is 10.6 Å². The molecule has 1 aromatic carbocycles. The summed E-state index contributed by atoms with van der Waals surface area (Å²) in [5.41, 5.74) is 1.72. The van der Waals surface area contributed by atoms with Gasteiger partial charge in [0.15, 0.2) is 0 Å². The molecule has 0 saturated heterocycles. The standard InChI is InChI=1S/C16H22N2O2/c1-11-3-6-15(9-11)18-16(20)10-13-4-7-14(8-5-13)17-12(2)19/h4-5,7-8,11,15H,3,6,9-10H2,1-2H3,(H,17,19)(H,18,20). The van der Waals surface area contributed by atoms with Crippen LogP contribution < -0.4 is 10.6 Å². The van der Waals surface area contributed by atoms with Crippen molar-refractivity contribution in [3.05, 3.63) is 29.8 Å². The predicted molar refractivity (Wildman–Crippen MR) is 79.4 cm³/mol. The monoisotopic (exact) mass is 274 g/mol. The maximum Gasteiger partial charge on any atom is 0.224 e. The molecule has 0 radical (unpaired) electrons. The topological polar surface area (TPSA) is 58.2 Å². The quantitative estimate of drug-likeness (QED) is 0.886. The van der Waals surface area contributed by atoms with Crippen molar-refractivity contribution < 1.29 is 9.59 Å². The maximum atomic E-state index is 12.0. The lowest BCUT2D eigenvalue weighted by molar-refractivity contribution is -0.121. The molecule has 1 fully saturated rings. The maximum absolute atomic E-state index is 12.0. The van der Waals surface area contributed by atoms with E-state index in [1.165, 1.54) is 13.3 Å². The summed E-state index contributed by atoms with van der Waals surface area (Å²) in [6.07, 6.45) is 3.78. The number of hydrogen-bond donors (Lipinski definition) is 2. The molecule has 1 aromatic rings. The Kier molecular flexibility index (Phi) is 4.77. The van der Waals surface area contributed by atoms with Gasteiger partial charge in [0.1, 0.15) is 0 Å². The normalized spacial score (nSPS) is 21.5. The average Bonchev–Trinajstić information content (AvgIpc) is 2.76. The van der Waals surface area contributed by atoms with Crippen LogP contribution in [0.25, 0.3) is 0 Å². The number of rotatable bonds is 4. The molecule has 2 unspecified atom stereocenters. The minimum absolute atomic E-state index is 0.0800. The molecule has 2 rings (SSSR count). The van der Waals surface area contributed by atoms with Gasteiger partial charge in [-0.1, -0.05) is 19.1 Å². The van der Waals surface area contributed by atoms with Gasteiger partial charge in [0.2, 0.25) is 11.8 Å². The van der Waals surface area contributed by atoms with E-state index in [4.69, 9.17) is 0 Å². The molecule has 1 aliphatic rings. The molecule has 108 valence electrons. The molecule has 2 N–H and O–H groups in total. The van der Waals surface area contributed by atoms with E-state index in [1.54, 1.807) is 0 Å². The van der Waals surface area contributed by atoms with Crippen molar-refractivity contribution in [1.82, 2.24) is 5.32 Å². The predicted octanol–water partition coefficient (Wildman–Crippen LogP) is 2.49. The molecule has 4 nitrogen and oxygen atoms in total. The van der Waals surface area contributed by atoms with E-state index in [1.807, 2.05) is 24.3 Å². The van der Waals surface area contributed by atoms with Crippen molar-refractivity contribution in [3.8, 4) is 0 Å². The first-order valence-electron chi connectivity index (χ1n) is 7.19. The summed E-state index contributed by atoms with van der Waals surface area (Å²) < 4.78 is 0. The van der Waals surface area contributed by atoms with Crippen molar-refractivity contribution >= 4 is 17.5 Å². The zero-order valence-electron chi connectivity index (χ0n) is 12.1. The SMILES string of the molecule is CC(=O)Nc1ccc(CC(=O)NC2CCC(C)C2)cc1. The van der Waals surface area contributed by atoms with Crippen LogP contribution in [0.2, 0.25) is 0 Å². The van der Waals surface area contributed by atoms with Gasteiger partial charge in [0.05, 0.1) is 6.42 Å². The van der Waals surface area contributed by atoms with Gasteiger partial charge in [-0.2, -0.15) is 0 Å². The van der Waals surface area contributed by atoms with E-state index in [0.717, 1.165) is 30.0 Å². The Balaban J connectivity index is 1.83. The van der Waals surface area contributed by atoms with Crippen molar-refractivity contribution in [2.45, 2.75) is 45.6 Å². The fourth-order valence-corrected chi connectivity index (χ4v) is 2.71. The Labute approximate surface area is 119 Å². The third-order valence-electron chi connectivity index (χ3n) is 3.70. The minimum atomic E-state index is -0.0918. The van der Waals surface area contributed by atoms with Crippen LogP contribution in [0.1, 0.15) is 38.7 Å². The Morgan fingerprint density at radius 1 is 1.20 bits per heavy atom. The summed E-state index contributed by atoms with van der Waals surface area (Å²) in [6, 6.07) is 7.74. The van der Waals surface area contributed by atoms with Gasteiger partial charge in [0, 0.05) is 18.7 Å². The van der Waals surface area contributed by atoms with E-state index in [0.29, 0.717) is 12.5 Å². The fourth-order valence-electron chi connectivity index (χ4n) is 2.71. The van der Waals surface area contributed by atoms with Gasteiger partial charge in [-0.05, 0) is 42.9 Å². The molecule has 4 heteroatoms. The molecule has 20 heavy (non-hydrogen) atoms. The molecule has 2 amide bonds. The van der Waals surface area contributed by atoms with Crippen LogP contribution in [0.4, 0.5) is 5.69 Å². The average molecular weight is 274 g/mol. The second-order valence-corrected chi connectivity index (χ2v) is 5.74. The number of carbonyl (C=O) groups is 2. The largest absolute Gasteiger partial charge is 0.353 e. The summed E-state index contributed by atoms with van der Waals surface area (Å²) in [6.45, 7) is 3.71. The zero-order chi connectivity index (χ0) is 14.5. The van der Waals surface area contributed by atoms with Crippen molar-refractivity contribution in [1.29, 1.82) is 0 Å². The molecular weight excluding hydrogens is 252 g/mol. The Morgan fingerprint density at radius 2 is 1.90 bits per heavy atom. The summed E-state index contributed by atoms with van der Waals surface area (Å²) in [7, 11) is 0. The Morgan fingerprint density at radius 3 is 2.45 bits per heavy atom.